The first kappa shape index (κ1) is 10.5. The number of hydrazone groups is 1. The van der Waals surface area contributed by atoms with E-state index in [4.69, 9.17) is 5.84 Å². The van der Waals surface area contributed by atoms with Crippen LogP contribution in [0.3, 0.4) is 0 Å². The van der Waals surface area contributed by atoms with E-state index >= 15 is 0 Å². The predicted molar refractivity (Wildman–Crippen MR) is 50.7 cm³/mol. The largest absolute Gasteiger partial charge is 0.323 e. The Morgan fingerprint density at radius 1 is 1.18 bits per heavy atom. The highest BCUT2D eigenvalue weighted by molar-refractivity contribution is 5.81. The van der Waals surface area contributed by atoms with Crippen molar-refractivity contribution in [2.75, 3.05) is 0 Å². The number of hydrogen-bond donors (Lipinski definition) is 1. The first-order valence-corrected chi connectivity index (χ1v) is 4.54. The van der Waals surface area contributed by atoms with E-state index in [1.807, 2.05) is 6.92 Å². The average Bonchev–Trinajstić information content (AvgIpc) is 2.04. The lowest BCUT2D eigenvalue weighted by Crippen LogP contribution is -1.95. The zero-order chi connectivity index (χ0) is 8.53. The van der Waals surface area contributed by atoms with Crippen LogP contribution in [0.1, 0.15) is 52.4 Å². The molecule has 0 spiro atoms. The highest BCUT2D eigenvalue weighted by Crippen LogP contribution is 2.05. The molecule has 0 aromatic heterocycles. The van der Waals surface area contributed by atoms with Crippen LogP contribution in [-0.2, 0) is 0 Å². The van der Waals surface area contributed by atoms with Gasteiger partial charge in [0.15, 0.2) is 0 Å². The molecule has 0 aliphatic carbocycles. The van der Waals surface area contributed by atoms with Crippen molar-refractivity contribution in [1.29, 1.82) is 0 Å². The molecule has 0 atom stereocenters. The van der Waals surface area contributed by atoms with Crippen LogP contribution in [0.25, 0.3) is 0 Å². The van der Waals surface area contributed by atoms with Crippen molar-refractivity contribution < 1.29 is 0 Å². The minimum absolute atomic E-state index is 1.07. The second kappa shape index (κ2) is 7.58. The molecule has 0 amide bonds. The number of nitrogens with two attached hydrogens (primary N) is 1. The number of rotatable bonds is 6. The second-order valence-electron chi connectivity index (χ2n) is 3.03. The van der Waals surface area contributed by atoms with Crippen molar-refractivity contribution in [3.63, 3.8) is 0 Å². The molecule has 66 valence electrons. The summed E-state index contributed by atoms with van der Waals surface area (Å²) in [5, 5.41) is 3.62. The molecule has 0 bridgehead atoms. The third-order valence-corrected chi connectivity index (χ3v) is 1.86. The maximum atomic E-state index is 5.10. The van der Waals surface area contributed by atoms with Crippen LogP contribution < -0.4 is 5.84 Å². The van der Waals surface area contributed by atoms with Gasteiger partial charge in [-0.1, -0.05) is 32.6 Å². The standard InChI is InChI=1S/C9H20N2/c1-3-4-5-6-7-8-9(2)11-10/h3-8,10H2,1-2H3/b11-9+. The molecule has 0 aromatic rings. The Hall–Kier alpha value is -0.530. The van der Waals surface area contributed by atoms with E-state index in [1.165, 1.54) is 32.1 Å². The lowest BCUT2D eigenvalue weighted by Gasteiger charge is -1.98. The predicted octanol–water partition coefficient (Wildman–Crippen LogP) is 2.68. The van der Waals surface area contributed by atoms with Crippen LogP contribution in [0, 0.1) is 0 Å². The number of unbranched alkanes of at least 4 members (excludes halogenated alkanes) is 4. The van der Waals surface area contributed by atoms with Gasteiger partial charge >= 0.3 is 0 Å². The van der Waals surface area contributed by atoms with Crippen molar-refractivity contribution in [2.24, 2.45) is 10.9 Å². The quantitative estimate of drug-likeness (QED) is 0.273. The van der Waals surface area contributed by atoms with Crippen LogP contribution in [0.2, 0.25) is 0 Å². The highest BCUT2D eigenvalue weighted by atomic mass is 15.1. The summed E-state index contributed by atoms with van der Waals surface area (Å²) in [6.45, 7) is 4.21. The summed E-state index contributed by atoms with van der Waals surface area (Å²) >= 11 is 0. The zero-order valence-corrected chi connectivity index (χ0v) is 7.77. The van der Waals surface area contributed by atoms with Gasteiger partial charge in [0.2, 0.25) is 0 Å². The van der Waals surface area contributed by atoms with Crippen LogP contribution in [0.5, 0.6) is 0 Å². The normalized spacial score (nSPS) is 12.0. The Morgan fingerprint density at radius 3 is 2.36 bits per heavy atom. The van der Waals surface area contributed by atoms with E-state index < -0.39 is 0 Å². The van der Waals surface area contributed by atoms with Gasteiger partial charge in [0.1, 0.15) is 0 Å². The lowest BCUT2D eigenvalue weighted by atomic mass is 10.1. The highest BCUT2D eigenvalue weighted by Gasteiger charge is 1.91. The van der Waals surface area contributed by atoms with Gasteiger partial charge in [-0.3, -0.25) is 0 Å². The summed E-state index contributed by atoms with van der Waals surface area (Å²) in [5.41, 5.74) is 1.07. The summed E-state index contributed by atoms with van der Waals surface area (Å²) in [5.74, 6) is 5.10. The Balaban J connectivity index is 3.02. The summed E-state index contributed by atoms with van der Waals surface area (Å²) < 4.78 is 0. The smallest absolute Gasteiger partial charge is 0.0345 e. The summed E-state index contributed by atoms with van der Waals surface area (Å²) in [6.07, 6.45) is 7.66. The second-order valence-corrected chi connectivity index (χ2v) is 3.03. The number of nitrogens with zero attached hydrogens (tertiary/aromatic N) is 1. The number of hydrogen-bond acceptors (Lipinski definition) is 2. The van der Waals surface area contributed by atoms with Crippen LogP contribution in [-0.4, -0.2) is 5.71 Å². The van der Waals surface area contributed by atoms with Crippen LogP contribution >= 0.6 is 0 Å². The topological polar surface area (TPSA) is 38.4 Å². The fraction of sp³-hybridized carbons (Fsp3) is 0.889. The van der Waals surface area contributed by atoms with Gasteiger partial charge in [-0.25, -0.2) is 0 Å². The van der Waals surface area contributed by atoms with Gasteiger partial charge < -0.3 is 5.84 Å². The van der Waals surface area contributed by atoms with E-state index in [0.717, 1.165) is 12.1 Å². The molecule has 2 nitrogen and oxygen atoms in total. The molecule has 0 aliphatic heterocycles. The van der Waals surface area contributed by atoms with E-state index in [-0.39, 0.29) is 0 Å². The fourth-order valence-electron chi connectivity index (χ4n) is 1.05. The molecule has 0 fully saturated rings. The van der Waals surface area contributed by atoms with Crippen molar-refractivity contribution in [2.45, 2.75) is 52.4 Å². The molecule has 0 rings (SSSR count). The SMILES string of the molecule is CCCCCCC/C(C)=N/N. The van der Waals surface area contributed by atoms with Gasteiger partial charge in [-0.15, -0.1) is 0 Å². The third-order valence-electron chi connectivity index (χ3n) is 1.86. The van der Waals surface area contributed by atoms with E-state index in [0.29, 0.717) is 0 Å². The molecule has 2 N–H and O–H groups in total. The molecule has 0 saturated carbocycles. The van der Waals surface area contributed by atoms with Crippen LogP contribution in [0.15, 0.2) is 5.10 Å². The van der Waals surface area contributed by atoms with E-state index in [1.54, 1.807) is 0 Å². The maximum absolute atomic E-state index is 5.10. The lowest BCUT2D eigenvalue weighted by molar-refractivity contribution is 0.642. The molecule has 0 unspecified atom stereocenters. The minimum Gasteiger partial charge on any atom is -0.323 e. The summed E-state index contributed by atoms with van der Waals surface area (Å²) in [4.78, 5) is 0. The third kappa shape index (κ3) is 7.37. The van der Waals surface area contributed by atoms with Crippen molar-refractivity contribution >= 4 is 5.71 Å². The van der Waals surface area contributed by atoms with Gasteiger partial charge in [0, 0.05) is 5.71 Å². The summed E-state index contributed by atoms with van der Waals surface area (Å²) in [6, 6.07) is 0. The molecular formula is C9H20N2. The molecular weight excluding hydrogens is 136 g/mol. The molecule has 0 heterocycles. The van der Waals surface area contributed by atoms with E-state index in [2.05, 4.69) is 12.0 Å². The molecule has 2 heteroatoms. The molecule has 0 aromatic carbocycles. The van der Waals surface area contributed by atoms with Gasteiger partial charge in [0.25, 0.3) is 0 Å². The Labute approximate surface area is 69.9 Å². The van der Waals surface area contributed by atoms with Crippen molar-refractivity contribution in [3.05, 3.63) is 0 Å². The molecule has 0 radical (unpaired) electrons. The first-order valence-electron chi connectivity index (χ1n) is 4.54. The zero-order valence-electron chi connectivity index (χ0n) is 7.77. The minimum atomic E-state index is 1.07. The van der Waals surface area contributed by atoms with Gasteiger partial charge in [0.05, 0.1) is 0 Å². The maximum Gasteiger partial charge on any atom is 0.0345 e. The van der Waals surface area contributed by atoms with Crippen molar-refractivity contribution in [3.8, 4) is 0 Å². The Bertz CT molecular complexity index is 108. The van der Waals surface area contributed by atoms with Crippen LogP contribution in [0.4, 0.5) is 0 Å². The fourth-order valence-corrected chi connectivity index (χ4v) is 1.05. The Morgan fingerprint density at radius 2 is 1.82 bits per heavy atom. The summed E-state index contributed by atoms with van der Waals surface area (Å²) in [7, 11) is 0. The van der Waals surface area contributed by atoms with Gasteiger partial charge in [-0.2, -0.15) is 5.10 Å². The average molecular weight is 156 g/mol. The Kier molecular flexibility index (Phi) is 7.21. The monoisotopic (exact) mass is 156 g/mol. The van der Waals surface area contributed by atoms with Gasteiger partial charge in [-0.05, 0) is 19.8 Å². The first-order chi connectivity index (χ1) is 5.31. The molecule has 0 saturated heterocycles. The molecule has 0 aliphatic rings. The molecule has 11 heavy (non-hydrogen) atoms. The van der Waals surface area contributed by atoms with E-state index in [9.17, 15) is 0 Å². The van der Waals surface area contributed by atoms with Crippen molar-refractivity contribution in [1.82, 2.24) is 0 Å².